The predicted octanol–water partition coefficient (Wildman–Crippen LogP) is 6.88. The molecule has 8 heteroatoms. The van der Waals surface area contributed by atoms with E-state index in [1.165, 1.54) is 18.2 Å². The van der Waals surface area contributed by atoms with E-state index in [1.54, 1.807) is 42.5 Å². The molecule has 3 aromatic rings. The van der Waals surface area contributed by atoms with Gasteiger partial charge >= 0.3 is 5.69 Å². The van der Waals surface area contributed by atoms with Gasteiger partial charge in [-0.05, 0) is 65.1 Å². The number of benzene rings is 3. The number of carbonyl (C=O) groups is 1. The van der Waals surface area contributed by atoms with Gasteiger partial charge in [0.15, 0.2) is 0 Å². The number of hydrogen-bond acceptors (Lipinski definition) is 5. The maximum atomic E-state index is 12.5. The van der Waals surface area contributed by atoms with Crippen LogP contribution in [-0.2, 0) is 10.2 Å². The smallest absolute Gasteiger partial charge is 0.312 e. The summed E-state index contributed by atoms with van der Waals surface area (Å²) in [5.74, 6) is -0.138. The maximum absolute atomic E-state index is 12.5. The van der Waals surface area contributed by atoms with Crippen LogP contribution in [0.15, 0.2) is 72.3 Å². The van der Waals surface area contributed by atoms with Crippen molar-refractivity contribution in [2.45, 2.75) is 26.2 Å². The van der Waals surface area contributed by atoms with E-state index in [0.717, 1.165) is 5.56 Å². The molecule has 0 unspecified atom stereocenters. The highest BCUT2D eigenvalue weighted by atomic mass is 35.5. The van der Waals surface area contributed by atoms with Crippen LogP contribution in [0, 0.1) is 21.4 Å². The van der Waals surface area contributed by atoms with Crippen LogP contribution in [0.25, 0.3) is 6.08 Å². The van der Waals surface area contributed by atoms with Crippen molar-refractivity contribution in [2.24, 2.45) is 0 Å². The molecular weight excluding hydrogens is 454 g/mol. The van der Waals surface area contributed by atoms with Gasteiger partial charge in [-0.1, -0.05) is 50.6 Å². The summed E-state index contributed by atoms with van der Waals surface area (Å²) in [6.45, 7) is 6.27. The number of nitriles is 1. The van der Waals surface area contributed by atoms with Crippen molar-refractivity contribution in [3.8, 4) is 17.6 Å². The molecule has 0 saturated carbocycles. The van der Waals surface area contributed by atoms with Crippen molar-refractivity contribution in [2.75, 3.05) is 5.32 Å². The van der Waals surface area contributed by atoms with E-state index in [4.69, 9.17) is 16.3 Å². The molecule has 0 aromatic heterocycles. The highest BCUT2D eigenvalue weighted by Gasteiger charge is 2.19. The second-order valence-electron chi connectivity index (χ2n) is 8.49. The van der Waals surface area contributed by atoms with Crippen molar-refractivity contribution < 1.29 is 14.5 Å². The SMILES string of the molecule is CC(C)(C)c1ccc(Oc2ccc(/C=C(/C#N)C(=O)Nc3ccc(Cl)cc3)cc2[N+](=O)[O-])cc1. The summed E-state index contributed by atoms with van der Waals surface area (Å²) in [7, 11) is 0. The molecule has 0 fully saturated rings. The molecule has 0 aliphatic heterocycles. The van der Waals surface area contributed by atoms with Gasteiger partial charge in [-0.2, -0.15) is 5.26 Å². The number of carbonyl (C=O) groups excluding carboxylic acids is 1. The second kappa shape index (κ2) is 10.2. The number of halogens is 1. The maximum Gasteiger partial charge on any atom is 0.312 e. The molecule has 0 bridgehead atoms. The lowest BCUT2D eigenvalue weighted by Crippen LogP contribution is -2.13. The fraction of sp³-hybridized carbons (Fsp3) is 0.154. The minimum Gasteiger partial charge on any atom is -0.450 e. The van der Waals surface area contributed by atoms with Crippen molar-refractivity contribution in [3.05, 3.63) is 98.6 Å². The Hall–Kier alpha value is -4.15. The first-order valence-electron chi connectivity index (χ1n) is 10.3. The third kappa shape index (κ3) is 6.21. The fourth-order valence-electron chi connectivity index (χ4n) is 3.05. The van der Waals surface area contributed by atoms with E-state index in [-0.39, 0.29) is 22.4 Å². The molecule has 7 nitrogen and oxygen atoms in total. The minimum absolute atomic E-state index is 0.0309. The molecule has 172 valence electrons. The molecular formula is C26H22ClN3O4. The predicted molar refractivity (Wildman–Crippen MR) is 132 cm³/mol. The van der Waals surface area contributed by atoms with Gasteiger partial charge in [0.1, 0.15) is 17.4 Å². The molecule has 0 atom stereocenters. The summed E-state index contributed by atoms with van der Waals surface area (Å²) in [4.78, 5) is 23.5. The average molecular weight is 476 g/mol. The molecule has 3 aromatic carbocycles. The summed E-state index contributed by atoms with van der Waals surface area (Å²) >= 11 is 5.83. The van der Waals surface area contributed by atoms with E-state index in [1.807, 2.05) is 18.2 Å². The van der Waals surface area contributed by atoms with Crippen molar-refractivity contribution in [3.63, 3.8) is 0 Å². The van der Waals surface area contributed by atoms with Crippen LogP contribution in [0.1, 0.15) is 31.9 Å². The Balaban J connectivity index is 1.84. The van der Waals surface area contributed by atoms with E-state index >= 15 is 0 Å². The van der Waals surface area contributed by atoms with Crippen LogP contribution in [0.5, 0.6) is 11.5 Å². The monoisotopic (exact) mass is 475 g/mol. The number of amides is 1. The Bertz CT molecular complexity index is 1290. The number of nitro benzene ring substituents is 1. The van der Waals surface area contributed by atoms with Crippen molar-refractivity contribution in [1.82, 2.24) is 0 Å². The van der Waals surface area contributed by atoms with Crippen molar-refractivity contribution in [1.29, 1.82) is 5.26 Å². The van der Waals surface area contributed by atoms with Gasteiger partial charge in [-0.3, -0.25) is 14.9 Å². The first kappa shape index (κ1) is 24.5. The number of anilines is 1. The Morgan fingerprint density at radius 2 is 1.74 bits per heavy atom. The third-order valence-corrected chi connectivity index (χ3v) is 5.16. The number of nitrogens with one attached hydrogen (secondary N) is 1. The molecule has 0 saturated heterocycles. The lowest BCUT2D eigenvalue weighted by atomic mass is 9.87. The van der Waals surface area contributed by atoms with Gasteiger partial charge in [-0.25, -0.2) is 0 Å². The zero-order valence-electron chi connectivity index (χ0n) is 18.8. The Morgan fingerprint density at radius 3 is 2.29 bits per heavy atom. The number of ether oxygens (including phenoxy) is 1. The van der Waals surface area contributed by atoms with Crippen LogP contribution in [-0.4, -0.2) is 10.8 Å². The summed E-state index contributed by atoms with van der Waals surface area (Å²) in [5.41, 5.74) is 1.35. The second-order valence-corrected chi connectivity index (χ2v) is 8.93. The van der Waals surface area contributed by atoms with E-state index in [2.05, 4.69) is 26.1 Å². The van der Waals surface area contributed by atoms with Gasteiger partial charge in [0, 0.05) is 16.8 Å². The molecule has 0 aliphatic rings. The van der Waals surface area contributed by atoms with E-state index in [9.17, 15) is 20.2 Å². The Kier molecular flexibility index (Phi) is 7.34. The fourth-order valence-corrected chi connectivity index (χ4v) is 3.18. The number of hydrogen-bond donors (Lipinski definition) is 1. The number of nitro groups is 1. The zero-order valence-corrected chi connectivity index (χ0v) is 19.6. The summed E-state index contributed by atoms with van der Waals surface area (Å²) in [6, 6.07) is 19.8. The van der Waals surface area contributed by atoms with Gasteiger partial charge < -0.3 is 10.1 Å². The average Bonchev–Trinajstić information content (AvgIpc) is 2.79. The topological polar surface area (TPSA) is 105 Å². The summed E-state index contributed by atoms with van der Waals surface area (Å²) in [5, 5.41) is 24.2. The van der Waals surface area contributed by atoms with Crippen LogP contribution in [0.4, 0.5) is 11.4 Å². The number of rotatable bonds is 6. The molecule has 3 rings (SSSR count). The molecule has 0 aliphatic carbocycles. The van der Waals surface area contributed by atoms with Gasteiger partial charge in [0.05, 0.1) is 4.92 Å². The molecule has 0 radical (unpaired) electrons. The highest BCUT2D eigenvalue weighted by molar-refractivity contribution is 6.30. The van der Waals surface area contributed by atoms with Gasteiger partial charge in [-0.15, -0.1) is 0 Å². The van der Waals surface area contributed by atoms with Crippen LogP contribution in [0.2, 0.25) is 5.02 Å². The van der Waals surface area contributed by atoms with Crippen molar-refractivity contribution >= 4 is 35.0 Å². The van der Waals surface area contributed by atoms with Crippen LogP contribution in [0.3, 0.4) is 0 Å². The zero-order chi connectivity index (χ0) is 24.9. The molecule has 1 N–H and O–H groups in total. The van der Waals surface area contributed by atoms with E-state index in [0.29, 0.717) is 22.0 Å². The molecule has 0 heterocycles. The molecule has 34 heavy (non-hydrogen) atoms. The number of nitrogens with zero attached hydrogens (tertiary/aromatic N) is 2. The lowest BCUT2D eigenvalue weighted by molar-refractivity contribution is -0.385. The van der Waals surface area contributed by atoms with Gasteiger partial charge in [0.25, 0.3) is 5.91 Å². The Morgan fingerprint density at radius 1 is 1.09 bits per heavy atom. The summed E-state index contributed by atoms with van der Waals surface area (Å²) < 4.78 is 5.74. The normalized spacial score (nSPS) is 11.4. The lowest BCUT2D eigenvalue weighted by Gasteiger charge is -2.19. The van der Waals surface area contributed by atoms with Crippen LogP contribution < -0.4 is 10.1 Å². The molecule has 1 amide bonds. The first-order valence-corrected chi connectivity index (χ1v) is 10.7. The molecule has 0 spiro atoms. The third-order valence-electron chi connectivity index (χ3n) is 4.91. The highest BCUT2D eigenvalue weighted by Crippen LogP contribution is 2.34. The largest absolute Gasteiger partial charge is 0.450 e. The van der Waals surface area contributed by atoms with Crippen LogP contribution >= 0.6 is 11.6 Å². The minimum atomic E-state index is -0.647. The first-order chi connectivity index (χ1) is 16.1. The standard InChI is InChI=1S/C26H22ClN3O4/c1-26(2,3)19-5-11-22(12-6-19)34-24-13-4-17(15-23(24)30(32)33)14-18(16-28)25(31)29-21-9-7-20(27)8-10-21/h4-15H,1-3H3,(H,29,31)/b18-14-. The Labute approximate surface area is 202 Å². The van der Waals surface area contributed by atoms with E-state index < -0.39 is 10.8 Å². The summed E-state index contributed by atoms with van der Waals surface area (Å²) in [6.07, 6.45) is 1.28. The quantitative estimate of drug-likeness (QED) is 0.181. The van der Waals surface area contributed by atoms with Gasteiger partial charge in [0.2, 0.25) is 5.75 Å².